The van der Waals surface area contributed by atoms with Gasteiger partial charge in [-0.05, 0) is 11.9 Å². The van der Waals surface area contributed by atoms with Crippen molar-refractivity contribution in [3.05, 3.63) is 11.4 Å². The van der Waals surface area contributed by atoms with Gasteiger partial charge in [-0.1, -0.05) is 12.7 Å². The SMILES string of the molecule is CO/C(ON)=C1/[B]CCC1. The average Bonchev–Trinajstić information content (AvgIpc) is 2.43. The van der Waals surface area contributed by atoms with E-state index in [1.165, 1.54) is 6.42 Å². The molecule has 0 amide bonds. The Morgan fingerprint density at radius 3 is 2.90 bits per heavy atom. The van der Waals surface area contributed by atoms with Gasteiger partial charge >= 0.3 is 0 Å². The summed E-state index contributed by atoms with van der Waals surface area (Å²) in [6, 6.07) is 0. The predicted octanol–water partition coefficient (Wildman–Crippen LogP) is 0.608. The van der Waals surface area contributed by atoms with Crippen LogP contribution in [-0.4, -0.2) is 14.4 Å². The molecule has 0 bridgehead atoms. The van der Waals surface area contributed by atoms with Gasteiger partial charge in [0, 0.05) is 0 Å². The smallest absolute Gasteiger partial charge is 0.288 e. The van der Waals surface area contributed by atoms with Crippen LogP contribution < -0.4 is 5.90 Å². The molecule has 0 unspecified atom stereocenters. The summed E-state index contributed by atoms with van der Waals surface area (Å²) >= 11 is 0. The molecule has 10 heavy (non-hydrogen) atoms. The van der Waals surface area contributed by atoms with Gasteiger partial charge in [-0.2, -0.15) is 5.90 Å². The van der Waals surface area contributed by atoms with Crippen LogP contribution in [0, 0.1) is 0 Å². The first-order chi connectivity index (χ1) is 4.88. The molecule has 0 aromatic carbocycles. The Morgan fingerprint density at radius 1 is 1.70 bits per heavy atom. The molecular weight excluding hydrogens is 129 g/mol. The van der Waals surface area contributed by atoms with Crippen LogP contribution in [0.15, 0.2) is 11.4 Å². The molecule has 0 saturated carbocycles. The number of ether oxygens (including phenoxy) is 1. The van der Waals surface area contributed by atoms with Crippen molar-refractivity contribution < 1.29 is 9.57 Å². The molecule has 1 radical (unpaired) electrons. The van der Waals surface area contributed by atoms with E-state index in [0.29, 0.717) is 5.95 Å². The van der Waals surface area contributed by atoms with E-state index in [2.05, 4.69) is 12.1 Å². The van der Waals surface area contributed by atoms with Crippen molar-refractivity contribution in [1.29, 1.82) is 0 Å². The van der Waals surface area contributed by atoms with E-state index in [4.69, 9.17) is 10.6 Å². The van der Waals surface area contributed by atoms with Gasteiger partial charge in [0.05, 0.1) is 7.11 Å². The van der Waals surface area contributed by atoms with Gasteiger partial charge in [0.15, 0.2) is 7.28 Å². The Bertz CT molecular complexity index is 133. The molecule has 0 atom stereocenters. The highest BCUT2D eigenvalue weighted by molar-refractivity contribution is 6.46. The molecule has 2 N–H and O–H groups in total. The molecule has 0 aliphatic carbocycles. The Kier molecular flexibility index (Phi) is 2.62. The summed E-state index contributed by atoms with van der Waals surface area (Å²) in [4.78, 5) is 4.51. The van der Waals surface area contributed by atoms with Gasteiger partial charge in [-0.3, -0.25) is 0 Å². The third-order valence-corrected chi connectivity index (χ3v) is 1.60. The van der Waals surface area contributed by atoms with E-state index in [0.717, 1.165) is 18.2 Å². The monoisotopic (exact) mass is 140 g/mol. The lowest BCUT2D eigenvalue weighted by Crippen LogP contribution is -2.05. The fourth-order valence-corrected chi connectivity index (χ4v) is 1.11. The maximum absolute atomic E-state index is 4.96. The molecule has 1 aliphatic rings. The highest BCUT2D eigenvalue weighted by Gasteiger charge is 2.14. The molecule has 1 aliphatic heterocycles. The zero-order chi connectivity index (χ0) is 7.40. The molecular formula is C6H11BNO2. The fraction of sp³-hybridized carbons (Fsp3) is 0.667. The normalized spacial score (nSPS) is 21.8. The van der Waals surface area contributed by atoms with Gasteiger partial charge < -0.3 is 9.57 Å². The lowest BCUT2D eigenvalue weighted by atomic mass is 9.73. The molecule has 0 aromatic rings. The number of hydrogen-bond donors (Lipinski definition) is 1. The average molecular weight is 140 g/mol. The number of hydrogen-bond acceptors (Lipinski definition) is 3. The number of rotatable bonds is 2. The summed E-state index contributed by atoms with van der Waals surface area (Å²) in [6.07, 6.45) is 3.29. The first-order valence-electron chi connectivity index (χ1n) is 3.35. The Hall–Kier alpha value is -0.635. The topological polar surface area (TPSA) is 44.5 Å². The summed E-state index contributed by atoms with van der Waals surface area (Å²) in [5.41, 5.74) is 1.09. The summed E-state index contributed by atoms with van der Waals surface area (Å²) in [5.74, 6) is 5.42. The van der Waals surface area contributed by atoms with E-state index < -0.39 is 0 Å². The Balaban J connectivity index is 2.59. The van der Waals surface area contributed by atoms with Gasteiger partial charge in [0.2, 0.25) is 0 Å². The minimum atomic E-state index is 0.456. The summed E-state index contributed by atoms with van der Waals surface area (Å²) in [5, 5.41) is 0. The molecule has 1 rings (SSSR count). The lowest BCUT2D eigenvalue weighted by Gasteiger charge is -2.05. The molecule has 1 heterocycles. The van der Waals surface area contributed by atoms with E-state index in [9.17, 15) is 0 Å². The summed E-state index contributed by atoms with van der Waals surface area (Å²) < 4.78 is 4.88. The van der Waals surface area contributed by atoms with Crippen LogP contribution in [0.25, 0.3) is 0 Å². The molecule has 55 valence electrons. The van der Waals surface area contributed by atoms with Crippen LogP contribution in [0.3, 0.4) is 0 Å². The number of methoxy groups -OCH3 is 1. The van der Waals surface area contributed by atoms with Gasteiger partial charge in [0.25, 0.3) is 5.95 Å². The number of nitrogens with two attached hydrogens (primary N) is 1. The van der Waals surface area contributed by atoms with Crippen molar-refractivity contribution in [3.63, 3.8) is 0 Å². The second kappa shape index (κ2) is 3.51. The first-order valence-corrected chi connectivity index (χ1v) is 3.35. The van der Waals surface area contributed by atoms with Crippen molar-refractivity contribution in [2.24, 2.45) is 5.90 Å². The molecule has 3 nitrogen and oxygen atoms in total. The number of allylic oxidation sites excluding steroid dienone is 1. The van der Waals surface area contributed by atoms with Crippen LogP contribution in [0.4, 0.5) is 0 Å². The quantitative estimate of drug-likeness (QED) is 0.347. The van der Waals surface area contributed by atoms with Crippen molar-refractivity contribution in [2.45, 2.75) is 19.2 Å². The van der Waals surface area contributed by atoms with Crippen molar-refractivity contribution in [2.75, 3.05) is 7.11 Å². The van der Waals surface area contributed by atoms with Crippen LogP contribution >= 0.6 is 0 Å². The van der Waals surface area contributed by atoms with Crippen molar-refractivity contribution in [1.82, 2.24) is 0 Å². The van der Waals surface area contributed by atoms with E-state index in [1.54, 1.807) is 7.11 Å². The van der Waals surface area contributed by atoms with Crippen LogP contribution in [0.5, 0.6) is 0 Å². The molecule has 0 spiro atoms. The highest BCUT2D eigenvalue weighted by atomic mass is 16.7. The second-order valence-corrected chi connectivity index (χ2v) is 2.23. The molecule has 0 aromatic heterocycles. The Labute approximate surface area is 61.4 Å². The minimum absolute atomic E-state index is 0.456. The van der Waals surface area contributed by atoms with Crippen molar-refractivity contribution >= 4 is 7.28 Å². The van der Waals surface area contributed by atoms with Crippen LogP contribution in [0.2, 0.25) is 6.32 Å². The third kappa shape index (κ3) is 1.45. The maximum Gasteiger partial charge on any atom is 0.288 e. The lowest BCUT2D eigenvalue weighted by molar-refractivity contribution is 0.0596. The van der Waals surface area contributed by atoms with E-state index in [1.807, 2.05) is 0 Å². The van der Waals surface area contributed by atoms with Crippen molar-refractivity contribution in [3.8, 4) is 0 Å². The van der Waals surface area contributed by atoms with E-state index >= 15 is 0 Å². The molecule has 1 saturated heterocycles. The van der Waals surface area contributed by atoms with Gasteiger partial charge in [-0.25, -0.2) is 0 Å². The van der Waals surface area contributed by atoms with Gasteiger partial charge in [-0.15, -0.1) is 0 Å². The van der Waals surface area contributed by atoms with Crippen LogP contribution in [0.1, 0.15) is 12.8 Å². The Morgan fingerprint density at radius 2 is 2.50 bits per heavy atom. The first kappa shape index (κ1) is 7.47. The van der Waals surface area contributed by atoms with E-state index in [-0.39, 0.29) is 0 Å². The zero-order valence-electron chi connectivity index (χ0n) is 6.09. The molecule has 4 heteroatoms. The molecule has 1 fully saturated rings. The third-order valence-electron chi connectivity index (χ3n) is 1.60. The van der Waals surface area contributed by atoms with Crippen LogP contribution in [-0.2, 0) is 9.57 Å². The highest BCUT2D eigenvalue weighted by Crippen LogP contribution is 2.20. The predicted molar refractivity (Wildman–Crippen MR) is 39.1 cm³/mol. The second-order valence-electron chi connectivity index (χ2n) is 2.23. The summed E-state index contributed by atoms with van der Waals surface area (Å²) in [6.45, 7) is 0. The minimum Gasteiger partial charge on any atom is -0.468 e. The van der Waals surface area contributed by atoms with Gasteiger partial charge in [0.1, 0.15) is 0 Å². The fourth-order valence-electron chi connectivity index (χ4n) is 1.11. The maximum atomic E-state index is 4.96. The summed E-state index contributed by atoms with van der Waals surface area (Å²) in [7, 11) is 3.65. The standard InChI is InChI=1S/C6H11BNO2/c1-9-6(10-8)5-3-2-4-7-5/h2-4,8H2,1H3/b6-5-. The largest absolute Gasteiger partial charge is 0.468 e. The zero-order valence-corrected chi connectivity index (χ0v) is 6.09.